The van der Waals surface area contributed by atoms with Gasteiger partial charge in [0, 0.05) is 31.4 Å². The summed E-state index contributed by atoms with van der Waals surface area (Å²) < 4.78 is 1.71. The Morgan fingerprint density at radius 2 is 2.40 bits per heavy atom. The predicted molar refractivity (Wildman–Crippen MR) is 77.3 cm³/mol. The van der Waals surface area contributed by atoms with E-state index in [1.165, 1.54) is 24.2 Å². The number of nitrogens with one attached hydrogen (secondary N) is 1. The zero-order valence-corrected chi connectivity index (χ0v) is 12.1. The molecule has 0 bridgehead atoms. The molecule has 20 heavy (non-hydrogen) atoms. The number of hydrogen-bond donors (Lipinski definition) is 2. The van der Waals surface area contributed by atoms with Crippen LogP contribution in [0.5, 0.6) is 0 Å². The van der Waals surface area contributed by atoms with Crippen molar-refractivity contribution in [2.24, 2.45) is 18.7 Å². The van der Waals surface area contributed by atoms with E-state index in [4.69, 9.17) is 5.73 Å². The quantitative estimate of drug-likeness (QED) is 0.861. The van der Waals surface area contributed by atoms with E-state index in [1.807, 2.05) is 13.2 Å². The molecule has 1 fully saturated rings. The Morgan fingerprint density at radius 3 is 3.05 bits per heavy atom. The lowest BCUT2D eigenvalue weighted by molar-refractivity contribution is 0.0954. The highest BCUT2D eigenvalue weighted by Gasteiger charge is 2.28. The highest BCUT2D eigenvalue weighted by atomic mass is 32.1. The molecule has 0 spiro atoms. The smallest absolute Gasteiger partial charge is 0.263 e. The summed E-state index contributed by atoms with van der Waals surface area (Å²) in [6.07, 6.45) is 7.59. The van der Waals surface area contributed by atoms with Crippen LogP contribution >= 0.6 is 11.3 Å². The summed E-state index contributed by atoms with van der Waals surface area (Å²) in [7, 11) is 1.85. The summed E-state index contributed by atoms with van der Waals surface area (Å²) in [5.74, 6) is 0.483. The predicted octanol–water partition coefficient (Wildman–Crippen LogP) is 1.01. The van der Waals surface area contributed by atoms with Gasteiger partial charge in [0.05, 0.1) is 12.4 Å². The van der Waals surface area contributed by atoms with Crippen LogP contribution in [-0.2, 0) is 7.05 Å². The minimum absolute atomic E-state index is 0.0738. The van der Waals surface area contributed by atoms with Crippen LogP contribution in [-0.4, -0.2) is 33.3 Å². The van der Waals surface area contributed by atoms with Crippen molar-refractivity contribution in [3.05, 3.63) is 23.5 Å². The monoisotopic (exact) mass is 291 g/mol. The Hall–Kier alpha value is -1.73. The first kappa shape index (κ1) is 13.3. The van der Waals surface area contributed by atoms with Gasteiger partial charge in [0.1, 0.15) is 9.88 Å². The number of carbonyl (C=O) groups excluding carboxylic acids is 1. The first-order valence-corrected chi connectivity index (χ1v) is 7.44. The minimum Gasteiger partial charge on any atom is -0.350 e. The molecule has 0 radical (unpaired) electrons. The molecule has 3 N–H and O–H groups in total. The lowest BCUT2D eigenvalue weighted by Crippen LogP contribution is -2.38. The molecule has 2 aromatic heterocycles. The van der Waals surface area contributed by atoms with Crippen LogP contribution in [0.3, 0.4) is 0 Å². The zero-order valence-electron chi connectivity index (χ0n) is 11.2. The number of nitrogens with zero attached hydrogens (tertiary/aromatic N) is 3. The maximum atomic E-state index is 12.0. The van der Waals surface area contributed by atoms with Crippen molar-refractivity contribution >= 4 is 17.2 Å². The number of rotatable bonds is 5. The molecule has 106 valence electrons. The van der Waals surface area contributed by atoms with E-state index in [9.17, 15) is 4.79 Å². The van der Waals surface area contributed by atoms with Crippen LogP contribution in [0.15, 0.2) is 18.6 Å². The molecule has 0 aromatic carbocycles. The highest BCUT2D eigenvalue weighted by Crippen LogP contribution is 2.31. The van der Waals surface area contributed by atoms with Crippen molar-refractivity contribution in [3.8, 4) is 10.6 Å². The van der Waals surface area contributed by atoms with Crippen LogP contribution < -0.4 is 11.1 Å². The lowest BCUT2D eigenvalue weighted by Gasteiger charge is -2.10. The molecule has 0 aliphatic heterocycles. The number of hydrogen-bond acceptors (Lipinski definition) is 5. The van der Waals surface area contributed by atoms with Crippen LogP contribution in [0.4, 0.5) is 0 Å². The molecule has 1 aliphatic rings. The molecule has 1 amide bonds. The van der Waals surface area contributed by atoms with Gasteiger partial charge in [-0.25, -0.2) is 4.98 Å². The second-order valence-electron chi connectivity index (χ2n) is 5.14. The van der Waals surface area contributed by atoms with Crippen molar-refractivity contribution in [3.63, 3.8) is 0 Å². The van der Waals surface area contributed by atoms with Gasteiger partial charge >= 0.3 is 0 Å². The average Bonchev–Trinajstić information content (AvgIpc) is 3.01. The fourth-order valence-corrected chi connectivity index (χ4v) is 2.84. The first-order chi connectivity index (χ1) is 9.63. The Bertz CT molecular complexity index is 616. The highest BCUT2D eigenvalue weighted by molar-refractivity contribution is 7.16. The molecule has 1 aliphatic carbocycles. The number of aromatic nitrogens is 3. The SMILES string of the molecule is Cn1cc(-c2ncc(C(=O)NCC(N)C3CC3)s2)cn1. The Morgan fingerprint density at radius 1 is 1.60 bits per heavy atom. The topological polar surface area (TPSA) is 85.8 Å². The number of aryl methyl sites for hydroxylation is 1. The van der Waals surface area contributed by atoms with Gasteiger partial charge in [-0.3, -0.25) is 9.48 Å². The van der Waals surface area contributed by atoms with E-state index in [2.05, 4.69) is 15.4 Å². The summed E-state index contributed by atoms with van der Waals surface area (Å²) >= 11 is 1.37. The van der Waals surface area contributed by atoms with Crippen LogP contribution in [0.1, 0.15) is 22.5 Å². The van der Waals surface area contributed by atoms with Crippen molar-refractivity contribution in [1.82, 2.24) is 20.1 Å². The van der Waals surface area contributed by atoms with Crippen molar-refractivity contribution in [2.75, 3.05) is 6.54 Å². The molecule has 0 saturated heterocycles. The van der Waals surface area contributed by atoms with Gasteiger partial charge in [0.25, 0.3) is 5.91 Å². The third-order valence-corrected chi connectivity index (χ3v) is 4.45. The summed E-state index contributed by atoms with van der Waals surface area (Å²) in [5, 5.41) is 7.78. The van der Waals surface area contributed by atoms with E-state index in [0.717, 1.165) is 10.6 Å². The number of amides is 1. The van der Waals surface area contributed by atoms with E-state index < -0.39 is 0 Å². The van der Waals surface area contributed by atoms with Crippen molar-refractivity contribution in [1.29, 1.82) is 0 Å². The van der Waals surface area contributed by atoms with Gasteiger partial charge in [-0.2, -0.15) is 5.10 Å². The van der Waals surface area contributed by atoms with Crippen LogP contribution in [0.2, 0.25) is 0 Å². The third-order valence-electron chi connectivity index (χ3n) is 3.41. The number of nitrogens with two attached hydrogens (primary N) is 1. The molecule has 2 heterocycles. The van der Waals surface area contributed by atoms with E-state index >= 15 is 0 Å². The normalized spacial score (nSPS) is 16.1. The zero-order chi connectivity index (χ0) is 14.1. The summed E-state index contributed by atoms with van der Waals surface area (Å²) in [4.78, 5) is 16.9. The number of thiazole rings is 1. The average molecular weight is 291 g/mol. The fourth-order valence-electron chi connectivity index (χ4n) is 2.03. The Labute approximate surface area is 121 Å². The molecule has 2 aromatic rings. The maximum absolute atomic E-state index is 12.0. The first-order valence-electron chi connectivity index (χ1n) is 6.62. The van der Waals surface area contributed by atoms with Gasteiger partial charge in [0.15, 0.2) is 0 Å². The second-order valence-corrected chi connectivity index (χ2v) is 6.17. The molecular weight excluding hydrogens is 274 g/mol. The van der Waals surface area contributed by atoms with Crippen LogP contribution in [0, 0.1) is 5.92 Å². The summed E-state index contributed by atoms with van der Waals surface area (Å²) in [6, 6.07) is 0.0738. The van der Waals surface area contributed by atoms with Crippen molar-refractivity contribution in [2.45, 2.75) is 18.9 Å². The van der Waals surface area contributed by atoms with Gasteiger partial charge in [-0.1, -0.05) is 0 Å². The lowest BCUT2D eigenvalue weighted by atomic mass is 10.2. The molecule has 7 heteroatoms. The van der Waals surface area contributed by atoms with E-state index in [-0.39, 0.29) is 11.9 Å². The largest absolute Gasteiger partial charge is 0.350 e. The molecule has 3 rings (SSSR count). The van der Waals surface area contributed by atoms with Gasteiger partial charge in [-0.15, -0.1) is 11.3 Å². The molecular formula is C13H17N5OS. The van der Waals surface area contributed by atoms with Crippen LogP contribution in [0.25, 0.3) is 10.6 Å². The maximum Gasteiger partial charge on any atom is 0.263 e. The molecule has 6 nitrogen and oxygen atoms in total. The van der Waals surface area contributed by atoms with Gasteiger partial charge in [0.2, 0.25) is 0 Å². The minimum atomic E-state index is -0.103. The summed E-state index contributed by atoms with van der Waals surface area (Å²) in [5.41, 5.74) is 6.89. The fraction of sp³-hybridized carbons (Fsp3) is 0.462. The molecule has 1 saturated carbocycles. The second kappa shape index (κ2) is 5.34. The van der Waals surface area contributed by atoms with E-state index in [0.29, 0.717) is 17.3 Å². The van der Waals surface area contributed by atoms with Gasteiger partial charge in [-0.05, 0) is 18.8 Å². The third kappa shape index (κ3) is 2.88. The standard InChI is InChI=1S/C13H17N5OS/c1-18-7-9(4-17-18)13-16-6-11(20-13)12(19)15-5-10(14)8-2-3-8/h4,6-8,10H,2-3,5,14H2,1H3,(H,15,19). The van der Waals surface area contributed by atoms with Crippen molar-refractivity contribution < 1.29 is 4.79 Å². The summed E-state index contributed by atoms with van der Waals surface area (Å²) in [6.45, 7) is 0.531. The van der Waals surface area contributed by atoms with Gasteiger partial charge < -0.3 is 11.1 Å². The van der Waals surface area contributed by atoms with E-state index in [1.54, 1.807) is 17.1 Å². The Kier molecular flexibility index (Phi) is 3.54. The molecule has 1 atom stereocenters. The molecule has 1 unspecified atom stereocenters. The Balaban J connectivity index is 1.62. The number of carbonyl (C=O) groups is 1.